The highest BCUT2D eigenvalue weighted by Gasteiger charge is 2.38. The van der Waals surface area contributed by atoms with Gasteiger partial charge >= 0.3 is 12.1 Å². The van der Waals surface area contributed by atoms with Crippen LogP contribution in [0.3, 0.4) is 0 Å². The zero-order valence-corrected chi connectivity index (χ0v) is 11.3. The molecule has 0 saturated carbocycles. The number of carbonyl (C=O) groups is 1. The predicted octanol–water partition coefficient (Wildman–Crippen LogP) is 2.36. The van der Waals surface area contributed by atoms with E-state index >= 15 is 0 Å². The van der Waals surface area contributed by atoms with Gasteiger partial charge in [-0.25, -0.2) is 9.78 Å². The number of carboxylic acids is 1. The second kappa shape index (κ2) is 6.43. The molecule has 3 N–H and O–H groups in total. The Hall–Kier alpha value is -2.30. The number of nitrogens with zero attached hydrogens (tertiary/aromatic N) is 2. The zero-order chi connectivity index (χ0) is 16.2. The van der Waals surface area contributed by atoms with Gasteiger partial charge in [-0.3, -0.25) is 0 Å². The lowest BCUT2D eigenvalue weighted by molar-refractivity contribution is -0.192. The first-order valence-electron chi connectivity index (χ1n) is 6.16. The molecule has 0 spiro atoms. The van der Waals surface area contributed by atoms with E-state index in [-0.39, 0.29) is 0 Å². The molecule has 1 aliphatic carbocycles. The van der Waals surface area contributed by atoms with Crippen molar-refractivity contribution >= 4 is 11.8 Å². The Morgan fingerprint density at radius 3 is 2.24 bits per heavy atom. The van der Waals surface area contributed by atoms with Gasteiger partial charge in [0.2, 0.25) is 0 Å². The predicted molar refractivity (Wildman–Crippen MR) is 68.4 cm³/mol. The molecular formula is C13H14F3N3O2. The Kier molecular flexibility index (Phi) is 5.13. The number of nitrogens with two attached hydrogens (primary N) is 1. The number of anilines is 1. The summed E-state index contributed by atoms with van der Waals surface area (Å²) >= 11 is 0. The van der Waals surface area contributed by atoms with Crippen LogP contribution in [0.4, 0.5) is 19.0 Å². The Morgan fingerprint density at radius 1 is 1.33 bits per heavy atom. The number of hydrogen-bond acceptors (Lipinski definition) is 4. The van der Waals surface area contributed by atoms with Crippen molar-refractivity contribution in [2.75, 3.05) is 5.73 Å². The number of fused-ring (bicyclic) bond motifs is 1. The maximum atomic E-state index is 10.6. The van der Waals surface area contributed by atoms with Crippen molar-refractivity contribution < 1.29 is 23.1 Å². The second-order valence-corrected chi connectivity index (χ2v) is 4.54. The van der Waals surface area contributed by atoms with Gasteiger partial charge in [0.05, 0.1) is 5.56 Å². The van der Waals surface area contributed by atoms with E-state index in [0.717, 1.165) is 30.5 Å². The molecule has 2 rings (SSSR count). The lowest BCUT2D eigenvalue weighted by Gasteiger charge is -2.19. The van der Waals surface area contributed by atoms with Crippen LogP contribution >= 0.6 is 0 Å². The van der Waals surface area contributed by atoms with Crippen molar-refractivity contribution in [3.8, 4) is 6.07 Å². The van der Waals surface area contributed by atoms with Crippen molar-refractivity contribution in [1.82, 2.24) is 4.98 Å². The summed E-state index contributed by atoms with van der Waals surface area (Å²) in [5.74, 6) is -2.36. The minimum Gasteiger partial charge on any atom is -0.475 e. The molecule has 0 aliphatic heterocycles. The summed E-state index contributed by atoms with van der Waals surface area (Å²) < 4.78 is 31.7. The molecule has 8 heteroatoms. The van der Waals surface area contributed by atoms with Gasteiger partial charge in [-0.2, -0.15) is 18.4 Å². The van der Waals surface area contributed by atoms with Crippen LogP contribution in [0, 0.1) is 18.3 Å². The highest BCUT2D eigenvalue weighted by atomic mass is 19.4. The Balaban J connectivity index is 0.000000270. The molecule has 1 heterocycles. The van der Waals surface area contributed by atoms with E-state index in [4.69, 9.17) is 20.9 Å². The largest absolute Gasteiger partial charge is 0.490 e. The Bertz CT molecular complexity index is 592. The third kappa shape index (κ3) is 4.08. The summed E-state index contributed by atoms with van der Waals surface area (Å²) in [6.07, 6.45) is -0.705. The number of halogens is 3. The molecule has 21 heavy (non-hydrogen) atoms. The topological polar surface area (TPSA) is 100 Å². The van der Waals surface area contributed by atoms with Gasteiger partial charge in [0, 0.05) is 5.69 Å². The van der Waals surface area contributed by atoms with Crippen molar-refractivity contribution in [3.63, 3.8) is 0 Å². The molecule has 114 valence electrons. The standard InChI is InChI=1S/C11H13N3.C2HF3O2/c1-7-8-4-2-3-5-9(8)10(6-12)11(13)14-7;3-2(4,5)1(6)7/h2-5H2,1H3,(H2,13,14);(H,6,7). The number of alkyl halides is 3. The van der Waals surface area contributed by atoms with Gasteiger partial charge in [-0.15, -0.1) is 0 Å². The van der Waals surface area contributed by atoms with E-state index in [1.54, 1.807) is 0 Å². The number of carboxylic acid groups (broad SMARTS) is 1. The molecular weight excluding hydrogens is 287 g/mol. The Morgan fingerprint density at radius 2 is 1.81 bits per heavy atom. The Labute approximate surface area is 119 Å². The van der Waals surface area contributed by atoms with Crippen molar-refractivity contribution in [2.45, 2.75) is 38.8 Å². The molecule has 0 unspecified atom stereocenters. The van der Waals surface area contributed by atoms with E-state index in [2.05, 4.69) is 11.1 Å². The fraction of sp³-hybridized carbons (Fsp3) is 0.462. The maximum Gasteiger partial charge on any atom is 0.490 e. The van der Waals surface area contributed by atoms with Crippen LogP contribution in [-0.4, -0.2) is 22.2 Å². The fourth-order valence-corrected chi connectivity index (χ4v) is 2.16. The van der Waals surface area contributed by atoms with E-state index in [0.29, 0.717) is 11.4 Å². The summed E-state index contributed by atoms with van der Waals surface area (Å²) in [4.78, 5) is 13.1. The van der Waals surface area contributed by atoms with Gasteiger partial charge in [0.1, 0.15) is 11.9 Å². The number of rotatable bonds is 0. The minimum atomic E-state index is -5.08. The van der Waals surface area contributed by atoms with Crippen LogP contribution in [0.15, 0.2) is 0 Å². The SMILES string of the molecule is Cc1nc(N)c(C#N)c2c1CCCC2.O=C(O)C(F)(F)F. The first-order chi connectivity index (χ1) is 9.68. The zero-order valence-electron chi connectivity index (χ0n) is 11.3. The number of aliphatic carboxylic acids is 1. The van der Waals surface area contributed by atoms with Crippen LogP contribution in [0.2, 0.25) is 0 Å². The number of nitrogen functional groups attached to an aromatic ring is 1. The normalized spacial score (nSPS) is 13.5. The van der Waals surface area contributed by atoms with Crippen molar-refractivity contribution in [1.29, 1.82) is 5.26 Å². The number of aryl methyl sites for hydroxylation is 1. The molecule has 0 bridgehead atoms. The van der Waals surface area contributed by atoms with Crippen LogP contribution in [-0.2, 0) is 17.6 Å². The van der Waals surface area contributed by atoms with Gasteiger partial charge in [-0.1, -0.05) is 0 Å². The number of aromatic nitrogens is 1. The third-order valence-corrected chi connectivity index (χ3v) is 3.10. The van der Waals surface area contributed by atoms with Crippen LogP contribution in [0.25, 0.3) is 0 Å². The molecule has 1 aromatic heterocycles. The highest BCUT2D eigenvalue weighted by Crippen LogP contribution is 2.28. The van der Waals surface area contributed by atoms with Crippen LogP contribution in [0.5, 0.6) is 0 Å². The van der Waals surface area contributed by atoms with Crippen molar-refractivity contribution in [2.24, 2.45) is 0 Å². The summed E-state index contributed by atoms with van der Waals surface area (Å²) in [7, 11) is 0. The van der Waals surface area contributed by atoms with E-state index < -0.39 is 12.1 Å². The fourth-order valence-electron chi connectivity index (χ4n) is 2.16. The summed E-state index contributed by atoms with van der Waals surface area (Å²) in [6.45, 7) is 1.97. The first kappa shape index (κ1) is 16.8. The van der Waals surface area contributed by atoms with Gasteiger partial charge in [0.15, 0.2) is 0 Å². The van der Waals surface area contributed by atoms with Gasteiger partial charge in [0.25, 0.3) is 0 Å². The summed E-state index contributed by atoms with van der Waals surface area (Å²) in [5, 5.41) is 16.1. The lowest BCUT2D eigenvalue weighted by Crippen LogP contribution is -2.21. The minimum absolute atomic E-state index is 0.394. The molecule has 0 aromatic carbocycles. The molecule has 5 nitrogen and oxygen atoms in total. The van der Waals surface area contributed by atoms with E-state index in [9.17, 15) is 13.2 Å². The summed E-state index contributed by atoms with van der Waals surface area (Å²) in [6, 6.07) is 2.16. The molecule has 1 aromatic rings. The monoisotopic (exact) mass is 301 g/mol. The molecule has 0 atom stereocenters. The van der Waals surface area contributed by atoms with Gasteiger partial charge in [-0.05, 0) is 43.7 Å². The number of nitriles is 1. The lowest BCUT2D eigenvalue weighted by atomic mass is 9.88. The number of hydrogen-bond donors (Lipinski definition) is 2. The van der Waals surface area contributed by atoms with Crippen LogP contribution in [0.1, 0.15) is 35.2 Å². The third-order valence-electron chi connectivity index (χ3n) is 3.10. The average molecular weight is 301 g/mol. The maximum absolute atomic E-state index is 10.6. The van der Waals surface area contributed by atoms with Crippen molar-refractivity contribution in [3.05, 3.63) is 22.4 Å². The second-order valence-electron chi connectivity index (χ2n) is 4.54. The average Bonchev–Trinajstić information content (AvgIpc) is 2.39. The van der Waals surface area contributed by atoms with E-state index in [1.807, 2.05) is 6.92 Å². The molecule has 1 aliphatic rings. The molecule has 0 saturated heterocycles. The molecule has 0 radical (unpaired) electrons. The highest BCUT2D eigenvalue weighted by molar-refractivity contribution is 5.73. The van der Waals surface area contributed by atoms with Gasteiger partial charge < -0.3 is 10.8 Å². The first-order valence-corrected chi connectivity index (χ1v) is 6.16. The molecule has 0 amide bonds. The van der Waals surface area contributed by atoms with Crippen LogP contribution < -0.4 is 5.73 Å². The quantitative estimate of drug-likeness (QED) is 0.766. The smallest absolute Gasteiger partial charge is 0.475 e. The number of pyridine rings is 1. The summed E-state index contributed by atoms with van der Waals surface area (Å²) in [5.41, 5.74) is 9.72. The molecule has 0 fully saturated rings. The van der Waals surface area contributed by atoms with E-state index in [1.165, 1.54) is 12.0 Å².